The molecule has 0 fully saturated rings. The van der Waals surface area contributed by atoms with Crippen molar-refractivity contribution in [3.05, 3.63) is 29.8 Å². The molecule has 2 N–H and O–H groups in total. The maximum Gasteiger partial charge on any atom is 0.220 e. The summed E-state index contributed by atoms with van der Waals surface area (Å²) < 4.78 is 5.59. The molecule has 0 heterocycles. The second-order valence-electron chi connectivity index (χ2n) is 5.13. The van der Waals surface area contributed by atoms with E-state index >= 15 is 0 Å². The number of amides is 1. The Kier molecular flexibility index (Phi) is 7.73. The zero-order valence-corrected chi connectivity index (χ0v) is 12.7. The van der Waals surface area contributed by atoms with Crippen molar-refractivity contribution in [2.45, 2.75) is 32.6 Å². The first kappa shape index (κ1) is 16.5. The summed E-state index contributed by atoms with van der Waals surface area (Å²) in [6.45, 7) is 6.24. The first-order valence-electron chi connectivity index (χ1n) is 7.27. The fourth-order valence-corrected chi connectivity index (χ4v) is 1.82. The molecule has 112 valence electrons. The molecule has 0 aromatic heterocycles. The van der Waals surface area contributed by atoms with E-state index in [-0.39, 0.29) is 5.91 Å². The van der Waals surface area contributed by atoms with Gasteiger partial charge in [0, 0.05) is 6.42 Å². The van der Waals surface area contributed by atoms with Crippen molar-refractivity contribution in [2.75, 3.05) is 26.7 Å². The van der Waals surface area contributed by atoms with Gasteiger partial charge in [-0.05, 0) is 43.6 Å². The van der Waals surface area contributed by atoms with Crippen LogP contribution >= 0.6 is 0 Å². The van der Waals surface area contributed by atoms with Gasteiger partial charge in [0.05, 0.1) is 6.54 Å². The van der Waals surface area contributed by atoms with Gasteiger partial charge in [0.25, 0.3) is 0 Å². The fourth-order valence-electron chi connectivity index (χ4n) is 1.82. The summed E-state index contributed by atoms with van der Waals surface area (Å²) in [7, 11) is 1.89. The standard InChI is InChI=1S/C16H26N2O2/c1-13(2)14-6-8-15(9-7-14)20-12-11-18-16(19)5-4-10-17-3/h6-9,13,17H,4-5,10-12H2,1-3H3,(H,18,19). The molecule has 0 atom stereocenters. The van der Waals surface area contributed by atoms with Crippen molar-refractivity contribution in [1.82, 2.24) is 10.6 Å². The lowest BCUT2D eigenvalue weighted by Gasteiger charge is -2.09. The molecule has 1 rings (SSSR count). The van der Waals surface area contributed by atoms with Crippen LogP contribution in [-0.4, -0.2) is 32.7 Å². The molecule has 20 heavy (non-hydrogen) atoms. The molecule has 1 amide bonds. The topological polar surface area (TPSA) is 50.4 Å². The summed E-state index contributed by atoms with van der Waals surface area (Å²) >= 11 is 0. The lowest BCUT2D eigenvalue weighted by Crippen LogP contribution is -2.28. The van der Waals surface area contributed by atoms with Crippen LogP contribution in [0.15, 0.2) is 24.3 Å². The third-order valence-corrected chi connectivity index (χ3v) is 3.07. The summed E-state index contributed by atoms with van der Waals surface area (Å²) in [5.41, 5.74) is 1.30. The zero-order valence-electron chi connectivity index (χ0n) is 12.7. The molecule has 0 bridgehead atoms. The number of carbonyl (C=O) groups excluding carboxylic acids is 1. The fraction of sp³-hybridized carbons (Fsp3) is 0.562. The van der Waals surface area contributed by atoms with Gasteiger partial charge in [0.15, 0.2) is 0 Å². The molecule has 0 saturated heterocycles. The van der Waals surface area contributed by atoms with Crippen LogP contribution in [0.3, 0.4) is 0 Å². The Morgan fingerprint density at radius 1 is 1.20 bits per heavy atom. The van der Waals surface area contributed by atoms with Gasteiger partial charge in [-0.25, -0.2) is 0 Å². The number of nitrogens with one attached hydrogen (secondary N) is 2. The normalized spacial score (nSPS) is 10.6. The predicted molar refractivity (Wildman–Crippen MR) is 82.2 cm³/mol. The minimum atomic E-state index is 0.0824. The first-order valence-corrected chi connectivity index (χ1v) is 7.27. The molecule has 0 aliphatic heterocycles. The van der Waals surface area contributed by atoms with Gasteiger partial charge in [-0.2, -0.15) is 0 Å². The first-order chi connectivity index (χ1) is 9.63. The van der Waals surface area contributed by atoms with Gasteiger partial charge in [0.1, 0.15) is 12.4 Å². The van der Waals surface area contributed by atoms with E-state index in [0.29, 0.717) is 25.5 Å². The highest BCUT2D eigenvalue weighted by Crippen LogP contribution is 2.18. The zero-order chi connectivity index (χ0) is 14.8. The summed E-state index contributed by atoms with van der Waals surface area (Å²) in [5, 5.41) is 5.87. The van der Waals surface area contributed by atoms with Crippen LogP contribution in [-0.2, 0) is 4.79 Å². The number of carbonyl (C=O) groups is 1. The second kappa shape index (κ2) is 9.37. The number of rotatable bonds is 9. The van der Waals surface area contributed by atoms with Crippen molar-refractivity contribution < 1.29 is 9.53 Å². The molecule has 4 heteroatoms. The summed E-state index contributed by atoms with van der Waals surface area (Å²) in [6, 6.07) is 8.11. The van der Waals surface area contributed by atoms with E-state index in [2.05, 4.69) is 36.6 Å². The molecule has 0 aliphatic carbocycles. The predicted octanol–water partition coefficient (Wildman–Crippen LogP) is 2.30. The molecule has 4 nitrogen and oxygen atoms in total. The highest BCUT2D eigenvalue weighted by Gasteiger charge is 2.01. The van der Waals surface area contributed by atoms with Crippen LogP contribution < -0.4 is 15.4 Å². The Morgan fingerprint density at radius 3 is 2.50 bits per heavy atom. The van der Waals surface area contributed by atoms with E-state index in [1.165, 1.54) is 5.56 Å². The lowest BCUT2D eigenvalue weighted by atomic mass is 10.0. The quantitative estimate of drug-likeness (QED) is 0.682. The molecule has 0 aliphatic rings. The minimum Gasteiger partial charge on any atom is -0.492 e. The summed E-state index contributed by atoms with van der Waals surface area (Å²) in [4.78, 5) is 11.5. The van der Waals surface area contributed by atoms with Crippen molar-refractivity contribution in [1.29, 1.82) is 0 Å². The molecule has 0 radical (unpaired) electrons. The lowest BCUT2D eigenvalue weighted by molar-refractivity contribution is -0.121. The third-order valence-electron chi connectivity index (χ3n) is 3.07. The van der Waals surface area contributed by atoms with Crippen LogP contribution in [0.25, 0.3) is 0 Å². The van der Waals surface area contributed by atoms with E-state index in [1.807, 2.05) is 19.2 Å². The Labute approximate surface area is 121 Å². The average Bonchev–Trinajstić information content (AvgIpc) is 2.44. The van der Waals surface area contributed by atoms with Crippen molar-refractivity contribution >= 4 is 5.91 Å². The van der Waals surface area contributed by atoms with E-state index in [4.69, 9.17) is 4.74 Å². The third kappa shape index (κ3) is 6.57. The highest BCUT2D eigenvalue weighted by molar-refractivity contribution is 5.75. The number of ether oxygens (including phenoxy) is 1. The maximum absolute atomic E-state index is 11.5. The average molecular weight is 278 g/mol. The maximum atomic E-state index is 11.5. The molecule has 1 aromatic carbocycles. The van der Waals surface area contributed by atoms with E-state index in [0.717, 1.165) is 18.7 Å². The monoisotopic (exact) mass is 278 g/mol. The van der Waals surface area contributed by atoms with Gasteiger partial charge in [-0.1, -0.05) is 26.0 Å². The SMILES string of the molecule is CNCCCC(=O)NCCOc1ccc(C(C)C)cc1. The highest BCUT2D eigenvalue weighted by atomic mass is 16.5. The smallest absolute Gasteiger partial charge is 0.220 e. The molecule has 0 unspecified atom stereocenters. The number of hydrogen-bond donors (Lipinski definition) is 2. The van der Waals surface area contributed by atoms with Crippen molar-refractivity contribution in [3.8, 4) is 5.75 Å². The van der Waals surface area contributed by atoms with Crippen LogP contribution in [0.5, 0.6) is 5.75 Å². The molecular formula is C16H26N2O2. The minimum absolute atomic E-state index is 0.0824. The van der Waals surface area contributed by atoms with E-state index in [1.54, 1.807) is 0 Å². The van der Waals surface area contributed by atoms with Crippen molar-refractivity contribution in [2.24, 2.45) is 0 Å². The molecule has 0 spiro atoms. The van der Waals surface area contributed by atoms with E-state index in [9.17, 15) is 4.79 Å². The van der Waals surface area contributed by atoms with Crippen LogP contribution in [0.4, 0.5) is 0 Å². The Hall–Kier alpha value is -1.55. The summed E-state index contributed by atoms with van der Waals surface area (Å²) in [5.74, 6) is 1.46. The second-order valence-corrected chi connectivity index (χ2v) is 5.13. The van der Waals surface area contributed by atoms with Gasteiger partial charge in [-0.3, -0.25) is 4.79 Å². The Balaban J connectivity index is 2.16. The van der Waals surface area contributed by atoms with Crippen LogP contribution in [0.2, 0.25) is 0 Å². The van der Waals surface area contributed by atoms with E-state index < -0.39 is 0 Å². The van der Waals surface area contributed by atoms with Crippen molar-refractivity contribution in [3.63, 3.8) is 0 Å². The molecule has 0 saturated carbocycles. The largest absolute Gasteiger partial charge is 0.492 e. The molecule has 1 aromatic rings. The van der Waals surface area contributed by atoms with Gasteiger partial charge < -0.3 is 15.4 Å². The number of hydrogen-bond acceptors (Lipinski definition) is 3. The van der Waals surface area contributed by atoms with Gasteiger partial charge >= 0.3 is 0 Å². The molecular weight excluding hydrogens is 252 g/mol. The summed E-state index contributed by atoms with van der Waals surface area (Å²) in [6.07, 6.45) is 1.42. The van der Waals surface area contributed by atoms with Crippen LogP contribution in [0, 0.1) is 0 Å². The van der Waals surface area contributed by atoms with Gasteiger partial charge in [0.2, 0.25) is 5.91 Å². The Bertz CT molecular complexity index is 388. The number of benzene rings is 1. The van der Waals surface area contributed by atoms with Crippen LogP contribution in [0.1, 0.15) is 38.2 Å². The Morgan fingerprint density at radius 2 is 1.90 bits per heavy atom. The van der Waals surface area contributed by atoms with Gasteiger partial charge in [-0.15, -0.1) is 0 Å².